The highest BCUT2D eigenvalue weighted by Gasteiger charge is 2.45. The van der Waals surface area contributed by atoms with Gasteiger partial charge >= 0.3 is 26.3 Å². The van der Waals surface area contributed by atoms with Crippen molar-refractivity contribution in [2.24, 2.45) is 0 Å². The van der Waals surface area contributed by atoms with Gasteiger partial charge in [0.15, 0.2) is 0 Å². The molecule has 4 aromatic carbocycles. The number of fused-ring (bicyclic) bond motifs is 2. The first-order valence-electron chi connectivity index (χ1n) is 18.7. The molecular formula is C42H38F7N4O6P. The molecule has 2 N–H and O–H groups in total. The average molecular weight is 859 g/mol. The number of halogens is 7. The minimum atomic E-state index is -5.07. The second-order valence-electron chi connectivity index (χ2n) is 14.8. The first-order chi connectivity index (χ1) is 28.1. The van der Waals surface area contributed by atoms with E-state index in [2.05, 4.69) is 4.52 Å². The molecule has 3 heterocycles. The van der Waals surface area contributed by atoms with Crippen LogP contribution in [0.2, 0.25) is 0 Å². The van der Waals surface area contributed by atoms with E-state index in [0.717, 1.165) is 27.4 Å². The number of phosphoric ester groups is 1. The normalized spacial score (nSPS) is 14.5. The maximum absolute atomic E-state index is 15.9. The van der Waals surface area contributed by atoms with Crippen LogP contribution in [-0.2, 0) is 59.7 Å². The van der Waals surface area contributed by atoms with E-state index in [1.165, 1.54) is 48.7 Å². The first-order valence-corrected chi connectivity index (χ1v) is 20.2. The van der Waals surface area contributed by atoms with Crippen LogP contribution in [0.4, 0.5) is 35.5 Å². The Morgan fingerprint density at radius 3 is 2.15 bits per heavy atom. The van der Waals surface area contributed by atoms with Crippen molar-refractivity contribution in [3.8, 4) is 22.7 Å². The van der Waals surface area contributed by atoms with Crippen LogP contribution in [0.15, 0.2) is 85.1 Å². The molecule has 0 unspecified atom stereocenters. The Bertz CT molecular complexity index is 2640. The van der Waals surface area contributed by atoms with Gasteiger partial charge in [-0.25, -0.2) is 23.0 Å². The second-order valence-corrected chi connectivity index (χ2v) is 16.0. The zero-order chi connectivity index (χ0) is 43.5. The lowest BCUT2D eigenvalue weighted by Gasteiger charge is -2.33. The number of benzene rings is 4. The van der Waals surface area contributed by atoms with Gasteiger partial charge in [-0.2, -0.15) is 31.4 Å². The van der Waals surface area contributed by atoms with Gasteiger partial charge in [0.05, 0.1) is 39.3 Å². The Morgan fingerprint density at radius 2 is 1.55 bits per heavy atom. The lowest BCUT2D eigenvalue weighted by Crippen LogP contribution is -2.36. The molecule has 1 aliphatic rings. The Labute approximate surface area is 339 Å². The first kappa shape index (κ1) is 42.6. The fourth-order valence-electron chi connectivity index (χ4n) is 7.75. The van der Waals surface area contributed by atoms with E-state index in [1.54, 1.807) is 23.4 Å². The predicted octanol–water partition coefficient (Wildman–Crippen LogP) is 10.7. The third-order valence-electron chi connectivity index (χ3n) is 10.7. The van der Waals surface area contributed by atoms with Crippen LogP contribution < -0.4 is 4.52 Å². The largest absolute Gasteiger partial charge is 0.524 e. The molecule has 6 aromatic rings. The van der Waals surface area contributed by atoms with Crippen LogP contribution in [-0.4, -0.2) is 35.1 Å². The SMILES string of the molecule is CCc1cccc(CC)c1-n1nc2c(c1-c1ccc(F)c3c1ccn3C(=O)OCc1ccc(OP(=O)(O)O)cc1)CN(Cc1ccc(C(F)(F)F)cc1C(F)(F)F)C2(C)C. The van der Waals surface area contributed by atoms with E-state index >= 15 is 4.39 Å². The molecule has 60 heavy (non-hydrogen) atoms. The predicted molar refractivity (Wildman–Crippen MR) is 207 cm³/mol. The van der Waals surface area contributed by atoms with Crippen LogP contribution in [0, 0.1) is 5.82 Å². The molecule has 0 radical (unpaired) electrons. The molecule has 7 rings (SSSR count). The van der Waals surface area contributed by atoms with Gasteiger partial charge in [0.25, 0.3) is 0 Å². The minimum absolute atomic E-state index is 0.0192. The minimum Gasteiger partial charge on any atom is -0.444 e. The number of phosphoric acid groups is 1. The van der Waals surface area contributed by atoms with Gasteiger partial charge in [-0.3, -0.25) is 14.7 Å². The van der Waals surface area contributed by atoms with E-state index < -0.39 is 48.8 Å². The van der Waals surface area contributed by atoms with E-state index in [0.29, 0.717) is 52.4 Å². The van der Waals surface area contributed by atoms with Crippen LogP contribution >= 0.6 is 7.82 Å². The lowest BCUT2D eigenvalue weighted by molar-refractivity contribution is -0.143. The van der Waals surface area contributed by atoms with Gasteiger partial charge in [0.1, 0.15) is 18.2 Å². The smallest absolute Gasteiger partial charge is 0.444 e. The Kier molecular flexibility index (Phi) is 11.0. The van der Waals surface area contributed by atoms with Gasteiger partial charge in [0.2, 0.25) is 0 Å². The monoisotopic (exact) mass is 858 g/mol. The highest BCUT2D eigenvalue weighted by molar-refractivity contribution is 7.46. The zero-order valence-corrected chi connectivity index (χ0v) is 33.4. The van der Waals surface area contributed by atoms with Crippen molar-refractivity contribution in [1.29, 1.82) is 0 Å². The summed E-state index contributed by atoms with van der Waals surface area (Å²) in [5.41, 5.74) is 0.780. The molecule has 0 bridgehead atoms. The van der Waals surface area contributed by atoms with Crippen molar-refractivity contribution in [3.05, 3.63) is 136 Å². The molecule has 0 saturated carbocycles. The number of carbonyl (C=O) groups excluding carboxylic acids is 1. The molecule has 0 aliphatic carbocycles. The van der Waals surface area contributed by atoms with E-state index in [9.17, 15) is 35.7 Å². The number of ether oxygens (including phenoxy) is 1. The van der Waals surface area contributed by atoms with Gasteiger partial charge in [-0.1, -0.05) is 50.2 Å². The number of hydrogen-bond acceptors (Lipinski definition) is 6. The molecule has 0 saturated heterocycles. The quantitative estimate of drug-likeness (QED) is 0.103. The Morgan fingerprint density at radius 1 is 0.883 bits per heavy atom. The van der Waals surface area contributed by atoms with Gasteiger partial charge in [-0.15, -0.1) is 0 Å². The molecular weight excluding hydrogens is 820 g/mol. The molecule has 1 aliphatic heterocycles. The third-order valence-corrected chi connectivity index (χ3v) is 11.2. The van der Waals surface area contributed by atoms with Crippen molar-refractivity contribution in [2.45, 2.75) is 78.1 Å². The number of rotatable bonds is 10. The van der Waals surface area contributed by atoms with Crippen LogP contribution in [0.25, 0.3) is 27.8 Å². The standard InChI is InChI=1S/C42H38F7N4O6P/c1-5-25-8-7-9-26(6-2)35(25)53-36(32-22-51(40(3,4)38(32)50-53)21-27-12-13-28(41(44,45)46)20-33(27)42(47,48)49)30-16-17-34(43)37-31(30)18-19-52(37)39(54)58-23-24-10-14-29(15-11-24)59-60(55,56)57/h7-20H,5-6,21-23H2,1-4H3,(H2,55,56,57). The van der Waals surface area contributed by atoms with Crippen molar-refractivity contribution >= 4 is 24.8 Å². The number of aromatic nitrogens is 3. The summed E-state index contributed by atoms with van der Waals surface area (Å²) in [4.78, 5) is 33.3. The number of carbonyl (C=O) groups is 1. The summed E-state index contributed by atoms with van der Waals surface area (Å²) in [5.74, 6) is -0.871. The van der Waals surface area contributed by atoms with E-state index in [4.69, 9.17) is 19.6 Å². The van der Waals surface area contributed by atoms with Gasteiger partial charge in [0, 0.05) is 35.8 Å². The van der Waals surface area contributed by atoms with Gasteiger partial charge < -0.3 is 9.26 Å². The third kappa shape index (κ3) is 8.06. The topological polar surface area (TPSA) is 119 Å². The summed E-state index contributed by atoms with van der Waals surface area (Å²) in [6.07, 6.45) is -8.44. The van der Waals surface area contributed by atoms with Crippen molar-refractivity contribution in [3.63, 3.8) is 0 Å². The van der Waals surface area contributed by atoms with Gasteiger partial charge in [-0.05, 0) is 91.4 Å². The summed E-state index contributed by atoms with van der Waals surface area (Å²) in [6.45, 7) is 6.87. The number of alkyl halides is 6. The molecule has 2 aromatic heterocycles. The summed E-state index contributed by atoms with van der Waals surface area (Å²) < 4.78 is 123. The summed E-state index contributed by atoms with van der Waals surface area (Å²) in [7, 11) is -4.79. The van der Waals surface area contributed by atoms with Crippen molar-refractivity contribution in [1.82, 2.24) is 19.2 Å². The van der Waals surface area contributed by atoms with Crippen molar-refractivity contribution < 1.29 is 59.1 Å². The van der Waals surface area contributed by atoms with Crippen molar-refractivity contribution in [2.75, 3.05) is 0 Å². The highest BCUT2D eigenvalue weighted by Crippen LogP contribution is 2.48. The van der Waals surface area contributed by atoms with Crippen LogP contribution in [0.5, 0.6) is 5.75 Å². The molecule has 0 fully saturated rings. The maximum Gasteiger partial charge on any atom is 0.524 e. The zero-order valence-electron chi connectivity index (χ0n) is 32.5. The number of aryl methyl sites for hydroxylation is 2. The summed E-state index contributed by atoms with van der Waals surface area (Å²) in [5, 5.41) is 5.43. The molecule has 10 nitrogen and oxygen atoms in total. The molecule has 0 amide bonds. The fraction of sp³-hybridized carbons (Fsp3) is 0.286. The van der Waals surface area contributed by atoms with E-state index in [-0.39, 0.29) is 42.6 Å². The molecule has 18 heteroatoms. The lowest BCUT2D eigenvalue weighted by atomic mass is 9.96. The number of nitrogens with zero attached hydrogens (tertiary/aromatic N) is 4. The summed E-state index contributed by atoms with van der Waals surface area (Å²) >= 11 is 0. The highest BCUT2D eigenvalue weighted by atomic mass is 31.2. The van der Waals surface area contributed by atoms with E-state index in [1.807, 2.05) is 32.0 Å². The molecule has 316 valence electrons. The molecule has 0 spiro atoms. The average Bonchev–Trinajstić information content (AvgIpc) is 3.85. The van der Waals surface area contributed by atoms with Crippen LogP contribution in [0.1, 0.15) is 72.3 Å². The van der Waals surface area contributed by atoms with Crippen LogP contribution in [0.3, 0.4) is 0 Å². The Balaban J connectivity index is 1.32. The summed E-state index contributed by atoms with van der Waals surface area (Å²) in [6, 6.07) is 17.1. The molecule has 0 atom stereocenters. The number of hydrogen-bond donors (Lipinski definition) is 2. The maximum atomic E-state index is 15.9. The Hall–Kier alpha value is -5.48. The second kappa shape index (κ2) is 15.5. The fourth-order valence-corrected chi connectivity index (χ4v) is 8.14. The number of para-hydroxylation sites is 1.